The Bertz CT molecular complexity index is 341. The highest BCUT2D eigenvalue weighted by Crippen LogP contribution is 2.11. The van der Waals surface area contributed by atoms with Crippen molar-refractivity contribution in [2.75, 3.05) is 6.54 Å². The molecule has 0 bridgehead atoms. The van der Waals surface area contributed by atoms with E-state index in [1.165, 1.54) is 0 Å². The van der Waals surface area contributed by atoms with E-state index < -0.39 is 6.09 Å². The number of hydrogen-bond donors (Lipinski definition) is 4. The number of carboxylic acid groups (broad SMARTS) is 1. The molecule has 1 aromatic rings. The molecule has 0 heterocycles. The molecule has 82 valence electrons. The number of nitrogens with one attached hydrogen (secondary N) is 1. The van der Waals surface area contributed by atoms with E-state index in [-0.39, 0.29) is 12.6 Å². The van der Waals surface area contributed by atoms with Crippen molar-refractivity contribution in [1.29, 1.82) is 0 Å². The minimum Gasteiger partial charge on any atom is -0.465 e. The lowest BCUT2D eigenvalue weighted by molar-refractivity contribution is 0.193. The number of nitrogens with two attached hydrogens (primary N) is 2. The van der Waals surface area contributed by atoms with Crippen molar-refractivity contribution < 1.29 is 9.90 Å². The third kappa shape index (κ3) is 3.57. The van der Waals surface area contributed by atoms with Crippen LogP contribution in [0.3, 0.4) is 0 Å². The van der Waals surface area contributed by atoms with Crippen LogP contribution < -0.4 is 16.8 Å². The van der Waals surface area contributed by atoms with Crippen LogP contribution in [0.4, 0.5) is 4.79 Å². The summed E-state index contributed by atoms with van der Waals surface area (Å²) in [6.07, 6.45) is -1.07. The lowest BCUT2D eigenvalue weighted by atomic mass is 10.0. The molecule has 6 N–H and O–H groups in total. The molecule has 0 aliphatic carbocycles. The second-order valence-electron chi connectivity index (χ2n) is 3.24. The molecule has 0 radical (unpaired) electrons. The van der Waals surface area contributed by atoms with E-state index in [1.807, 2.05) is 24.3 Å². The van der Waals surface area contributed by atoms with Gasteiger partial charge in [-0.15, -0.1) is 0 Å². The third-order valence-corrected chi connectivity index (χ3v) is 2.09. The topological polar surface area (TPSA) is 101 Å². The Morgan fingerprint density at radius 1 is 1.53 bits per heavy atom. The Kier molecular flexibility index (Phi) is 4.08. The van der Waals surface area contributed by atoms with Crippen LogP contribution in [0.1, 0.15) is 17.2 Å². The highest BCUT2D eigenvalue weighted by Gasteiger charge is 2.07. The first kappa shape index (κ1) is 11.5. The monoisotopic (exact) mass is 209 g/mol. The molecule has 1 atom stereocenters. The molecular weight excluding hydrogens is 194 g/mol. The molecule has 0 fully saturated rings. The second kappa shape index (κ2) is 5.33. The average Bonchev–Trinajstić information content (AvgIpc) is 2.26. The summed E-state index contributed by atoms with van der Waals surface area (Å²) in [6.45, 7) is 0.649. The number of carbonyl (C=O) groups is 1. The normalized spacial score (nSPS) is 12.1. The fourth-order valence-electron chi connectivity index (χ4n) is 1.27. The smallest absolute Gasteiger partial charge is 0.404 e. The van der Waals surface area contributed by atoms with Crippen molar-refractivity contribution in [3.8, 4) is 0 Å². The molecule has 0 aliphatic heterocycles. The van der Waals surface area contributed by atoms with Gasteiger partial charge in [0, 0.05) is 19.1 Å². The van der Waals surface area contributed by atoms with E-state index in [9.17, 15) is 4.79 Å². The van der Waals surface area contributed by atoms with Crippen molar-refractivity contribution in [3.05, 3.63) is 35.4 Å². The van der Waals surface area contributed by atoms with E-state index >= 15 is 0 Å². The Hall–Kier alpha value is -1.59. The zero-order valence-electron chi connectivity index (χ0n) is 8.31. The van der Waals surface area contributed by atoms with Gasteiger partial charge in [0.1, 0.15) is 0 Å². The predicted octanol–water partition coefficient (Wildman–Crippen LogP) is 0.413. The van der Waals surface area contributed by atoms with Gasteiger partial charge in [0.25, 0.3) is 0 Å². The van der Waals surface area contributed by atoms with Crippen molar-refractivity contribution in [2.45, 2.75) is 12.6 Å². The molecule has 5 nitrogen and oxygen atoms in total. The van der Waals surface area contributed by atoms with Gasteiger partial charge in [-0.05, 0) is 11.1 Å². The van der Waals surface area contributed by atoms with Gasteiger partial charge in [-0.3, -0.25) is 0 Å². The van der Waals surface area contributed by atoms with Crippen LogP contribution >= 0.6 is 0 Å². The SMILES string of the molecule is NCc1cccc(C(N)CNC(=O)O)c1. The zero-order chi connectivity index (χ0) is 11.3. The first-order chi connectivity index (χ1) is 7.13. The number of hydrogen-bond acceptors (Lipinski definition) is 3. The van der Waals surface area contributed by atoms with Gasteiger partial charge in [0.15, 0.2) is 0 Å². The quantitative estimate of drug-likeness (QED) is 0.577. The first-order valence-electron chi connectivity index (χ1n) is 4.64. The molecule has 1 aromatic carbocycles. The molecule has 0 aliphatic rings. The summed E-state index contributed by atoms with van der Waals surface area (Å²) in [4.78, 5) is 10.3. The Morgan fingerprint density at radius 2 is 2.27 bits per heavy atom. The first-order valence-corrected chi connectivity index (χ1v) is 4.64. The molecule has 0 saturated heterocycles. The maximum Gasteiger partial charge on any atom is 0.404 e. The lowest BCUT2D eigenvalue weighted by Crippen LogP contribution is -2.30. The maximum atomic E-state index is 10.3. The van der Waals surface area contributed by atoms with Gasteiger partial charge >= 0.3 is 6.09 Å². The van der Waals surface area contributed by atoms with Crippen molar-refractivity contribution in [2.24, 2.45) is 11.5 Å². The zero-order valence-corrected chi connectivity index (χ0v) is 8.31. The minimum absolute atomic E-state index is 0.198. The minimum atomic E-state index is -1.07. The van der Waals surface area contributed by atoms with Crippen LogP contribution in [-0.2, 0) is 6.54 Å². The number of benzene rings is 1. The van der Waals surface area contributed by atoms with Crippen molar-refractivity contribution in [3.63, 3.8) is 0 Å². The van der Waals surface area contributed by atoms with Gasteiger partial charge in [-0.2, -0.15) is 0 Å². The summed E-state index contributed by atoms with van der Waals surface area (Å²) in [5.74, 6) is 0. The van der Waals surface area contributed by atoms with E-state index in [4.69, 9.17) is 16.6 Å². The Morgan fingerprint density at radius 3 is 2.87 bits per heavy atom. The van der Waals surface area contributed by atoms with Crippen LogP contribution in [0.2, 0.25) is 0 Å². The highest BCUT2D eigenvalue weighted by molar-refractivity contribution is 5.64. The number of amides is 1. The van der Waals surface area contributed by atoms with Crippen LogP contribution in [-0.4, -0.2) is 17.7 Å². The standard InChI is InChI=1S/C10H15N3O2/c11-5-7-2-1-3-8(4-7)9(12)6-13-10(14)15/h1-4,9,13H,5-6,11-12H2,(H,14,15). The van der Waals surface area contributed by atoms with E-state index in [2.05, 4.69) is 5.32 Å². The summed E-state index contributed by atoms with van der Waals surface area (Å²) in [7, 11) is 0. The molecule has 1 unspecified atom stereocenters. The van der Waals surface area contributed by atoms with Crippen LogP contribution in [0.25, 0.3) is 0 Å². The Labute approximate surface area is 88.1 Å². The van der Waals surface area contributed by atoms with Gasteiger partial charge in [-0.1, -0.05) is 24.3 Å². The Balaban J connectivity index is 2.64. The molecule has 15 heavy (non-hydrogen) atoms. The van der Waals surface area contributed by atoms with Crippen molar-refractivity contribution >= 4 is 6.09 Å². The van der Waals surface area contributed by atoms with Crippen LogP contribution in [0.5, 0.6) is 0 Å². The summed E-state index contributed by atoms with van der Waals surface area (Å²) in [5.41, 5.74) is 13.2. The van der Waals surface area contributed by atoms with Gasteiger partial charge < -0.3 is 21.9 Å². The second-order valence-corrected chi connectivity index (χ2v) is 3.24. The predicted molar refractivity (Wildman–Crippen MR) is 57.3 cm³/mol. The summed E-state index contributed by atoms with van der Waals surface area (Å²) >= 11 is 0. The fourth-order valence-corrected chi connectivity index (χ4v) is 1.27. The van der Waals surface area contributed by atoms with E-state index in [1.54, 1.807) is 0 Å². The average molecular weight is 209 g/mol. The van der Waals surface area contributed by atoms with Crippen molar-refractivity contribution in [1.82, 2.24) is 5.32 Å². The molecule has 5 heteroatoms. The van der Waals surface area contributed by atoms with E-state index in [0.717, 1.165) is 11.1 Å². The summed E-state index contributed by atoms with van der Waals surface area (Å²) in [6, 6.07) is 7.16. The van der Waals surface area contributed by atoms with E-state index in [0.29, 0.717) is 6.54 Å². The molecular formula is C10H15N3O2. The maximum absolute atomic E-state index is 10.3. The molecule has 1 amide bonds. The van der Waals surface area contributed by atoms with Gasteiger partial charge in [0.05, 0.1) is 0 Å². The summed E-state index contributed by atoms with van der Waals surface area (Å²) < 4.78 is 0. The molecule has 0 spiro atoms. The fraction of sp³-hybridized carbons (Fsp3) is 0.300. The summed E-state index contributed by atoms with van der Waals surface area (Å²) in [5, 5.41) is 10.7. The largest absolute Gasteiger partial charge is 0.465 e. The number of rotatable bonds is 4. The molecule has 0 saturated carbocycles. The van der Waals surface area contributed by atoms with Gasteiger partial charge in [0.2, 0.25) is 0 Å². The molecule has 0 aromatic heterocycles. The molecule has 1 rings (SSSR count). The van der Waals surface area contributed by atoms with Crippen LogP contribution in [0, 0.1) is 0 Å². The van der Waals surface area contributed by atoms with Crippen LogP contribution in [0.15, 0.2) is 24.3 Å². The highest BCUT2D eigenvalue weighted by atomic mass is 16.4. The van der Waals surface area contributed by atoms with Gasteiger partial charge in [-0.25, -0.2) is 4.79 Å². The third-order valence-electron chi connectivity index (χ3n) is 2.09. The lowest BCUT2D eigenvalue weighted by Gasteiger charge is -2.12.